The summed E-state index contributed by atoms with van der Waals surface area (Å²) in [5, 5.41) is 19.5. The molecule has 0 radical (unpaired) electrons. The van der Waals surface area contributed by atoms with Crippen molar-refractivity contribution in [3.8, 4) is 0 Å². The predicted molar refractivity (Wildman–Crippen MR) is 188 cm³/mol. The fourth-order valence-corrected chi connectivity index (χ4v) is 11.1. The number of ether oxygens (including phenoxy) is 1. The molecule has 4 atom stereocenters. The molecule has 49 heavy (non-hydrogen) atoms. The molecule has 1 N–H and O–H groups in total. The zero-order valence-electron chi connectivity index (χ0n) is 27.7. The Morgan fingerprint density at radius 1 is 0.980 bits per heavy atom. The molecule has 4 aromatic carbocycles. The Hall–Kier alpha value is -4.71. The molecule has 1 aromatic heterocycles. The third kappa shape index (κ3) is 4.93. The highest BCUT2D eigenvalue weighted by Crippen LogP contribution is 2.60. The van der Waals surface area contributed by atoms with Crippen LogP contribution >= 0.6 is 0 Å². The van der Waals surface area contributed by atoms with Gasteiger partial charge in [-0.2, -0.15) is 0 Å². The lowest BCUT2D eigenvalue weighted by Crippen LogP contribution is -2.45. The summed E-state index contributed by atoms with van der Waals surface area (Å²) in [6, 6.07) is 27.2. The number of halogens is 1. The first-order valence-corrected chi connectivity index (χ1v) is 19.8. The van der Waals surface area contributed by atoms with Crippen LogP contribution in [0.3, 0.4) is 0 Å². The van der Waals surface area contributed by atoms with E-state index in [1.165, 1.54) is 0 Å². The Morgan fingerprint density at radius 3 is 2.53 bits per heavy atom. The second-order valence-electron chi connectivity index (χ2n) is 13.9. The van der Waals surface area contributed by atoms with Crippen LogP contribution < -0.4 is 9.80 Å². The van der Waals surface area contributed by atoms with E-state index < -0.39 is 31.6 Å². The van der Waals surface area contributed by atoms with E-state index in [0.717, 1.165) is 39.0 Å². The van der Waals surface area contributed by atoms with Crippen molar-refractivity contribution < 1.29 is 23.5 Å². The summed E-state index contributed by atoms with van der Waals surface area (Å²) in [7, 11) is -3.32. The molecule has 3 aliphatic rings. The number of aryl methyl sites for hydroxylation is 1. The zero-order chi connectivity index (χ0) is 34.1. The number of aromatic nitrogens is 3. The predicted octanol–water partition coefficient (Wildman–Crippen LogP) is 6.67. The first-order chi connectivity index (χ1) is 23.6. The van der Waals surface area contributed by atoms with Crippen LogP contribution in [0.25, 0.3) is 10.8 Å². The minimum absolute atomic E-state index is 0.0162. The van der Waals surface area contributed by atoms with Crippen LogP contribution in [0.1, 0.15) is 40.5 Å². The molecule has 250 valence electrons. The molecule has 5 aromatic rings. The van der Waals surface area contributed by atoms with Crippen molar-refractivity contribution in [1.29, 1.82) is 0 Å². The van der Waals surface area contributed by atoms with Crippen LogP contribution in [0.15, 0.2) is 91.1 Å². The lowest BCUT2D eigenvalue weighted by atomic mass is 9.82. The van der Waals surface area contributed by atoms with E-state index in [1.54, 1.807) is 33.8 Å². The van der Waals surface area contributed by atoms with Gasteiger partial charge in [-0.3, -0.25) is 19.2 Å². The van der Waals surface area contributed by atoms with Gasteiger partial charge in [0.2, 0.25) is 8.41 Å². The Kier molecular flexibility index (Phi) is 7.54. The van der Waals surface area contributed by atoms with Crippen molar-refractivity contribution in [2.45, 2.75) is 63.2 Å². The van der Waals surface area contributed by atoms with Gasteiger partial charge in [0, 0.05) is 53.9 Å². The number of hydrogen-bond acceptors (Lipinski definition) is 6. The normalized spacial score (nSPS) is 23.0. The molecule has 1 saturated heterocycles. The van der Waals surface area contributed by atoms with Crippen LogP contribution in [0, 0.1) is 5.92 Å². The van der Waals surface area contributed by atoms with Gasteiger partial charge < -0.3 is 18.9 Å². The second kappa shape index (κ2) is 11.7. The van der Waals surface area contributed by atoms with E-state index >= 15 is 4.11 Å². The number of benzene rings is 4. The van der Waals surface area contributed by atoms with E-state index in [-0.39, 0.29) is 25.0 Å². The quantitative estimate of drug-likeness (QED) is 0.138. The molecule has 0 saturated carbocycles. The van der Waals surface area contributed by atoms with Crippen molar-refractivity contribution in [3.63, 3.8) is 0 Å². The first-order valence-electron chi connectivity index (χ1n) is 16.8. The minimum Gasteiger partial charge on any atom is -0.396 e. The van der Waals surface area contributed by atoms with Crippen LogP contribution in [0.2, 0.25) is 18.6 Å². The van der Waals surface area contributed by atoms with Crippen molar-refractivity contribution in [2.24, 2.45) is 5.92 Å². The molecule has 0 bridgehead atoms. The molecule has 11 heteroatoms. The van der Waals surface area contributed by atoms with Gasteiger partial charge in [0.1, 0.15) is 0 Å². The SMILES string of the molecule is C[C@@H]1[C@@H]([Si](C)(C)F)[C@H](CCn2cc(CCO)nn2)O[C@@]12C(=O)N(Cc1cccc(N3C(=O)c4cccc5cccc3c45)c1)c1ccccc12. The highest BCUT2D eigenvalue weighted by Gasteiger charge is 2.66. The summed E-state index contributed by atoms with van der Waals surface area (Å²) in [4.78, 5) is 32.0. The maximum atomic E-state index is 16.3. The van der Waals surface area contributed by atoms with Crippen molar-refractivity contribution in [2.75, 3.05) is 16.4 Å². The maximum absolute atomic E-state index is 16.3. The van der Waals surface area contributed by atoms with Crippen molar-refractivity contribution in [3.05, 3.63) is 114 Å². The van der Waals surface area contributed by atoms with E-state index in [2.05, 4.69) is 10.3 Å². The number of hydrogen-bond donors (Lipinski definition) is 1. The summed E-state index contributed by atoms with van der Waals surface area (Å²) in [6.07, 6.45) is 2.17. The highest BCUT2D eigenvalue weighted by atomic mass is 28.4. The summed E-state index contributed by atoms with van der Waals surface area (Å²) in [5.41, 5.74) is 3.55. The van der Waals surface area contributed by atoms with Gasteiger partial charge in [0.05, 0.1) is 35.3 Å². The average Bonchev–Trinajstić information content (AvgIpc) is 3.80. The summed E-state index contributed by atoms with van der Waals surface area (Å²) < 4.78 is 24.8. The summed E-state index contributed by atoms with van der Waals surface area (Å²) in [5.74, 6) is -0.682. The van der Waals surface area contributed by atoms with Gasteiger partial charge >= 0.3 is 0 Å². The lowest BCUT2D eigenvalue weighted by molar-refractivity contribution is -0.146. The Balaban J connectivity index is 1.11. The van der Waals surface area contributed by atoms with Gasteiger partial charge in [-0.1, -0.05) is 66.7 Å². The van der Waals surface area contributed by atoms with Gasteiger partial charge in [-0.15, -0.1) is 5.10 Å². The molecule has 1 fully saturated rings. The minimum atomic E-state index is -3.32. The van der Waals surface area contributed by atoms with Crippen LogP contribution in [-0.4, -0.2) is 53.0 Å². The largest absolute Gasteiger partial charge is 0.396 e. The van der Waals surface area contributed by atoms with Gasteiger partial charge in [-0.05, 0) is 60.8 Å². The molecule has 4 heterocycles. The molecular weight excluding hydrogens is 638 g/mol. The number of carbonyl (C=O) groups excluding carboxylic acids is 2. The Morgan fingerprint density at radius 2 is 1.73 bits per heavy atom. The Bertz CT molecular complexity index is 2110. The number of aliphatic hydroxyl groups is 1. The number of para-hydroxylation sites is 1. The van der Waals surface area contributed by atoms with E-state index in [4.69, 9.17) is 4.74 Å². The van der Waals surface area contributed by atoms with E-state index in [0.29, 0.717) is 30.6 Å². The molecule has 1 spiro atoms. The zero-order valence-corrected chi connectivity index (χ0v) is 28.7. The smallest absolute Gasteiger partial charge is 0.264 e. The molecule has 9 nitrogen and oxygen atoms in total. The molecule has 8 rings (SSSR count). The number of nitrogens with zero attached hydrogens (tertiary/aromatic N) is 5. The van der Waals surface area contributed by atoms with E-state index in [9.17, 15) is 14.7 Å². The highest BCUT2D eigenvalue weighted by molar-refractivity contribution is 6.72. The fourth-order valence-electron chi connectivity index (χ4n) is 8.51. The van der Waals surface area contributed by atoms with Crippen molar-refractivity contribution in [1.82, 2.24) is 15.0 Å². The number of amides is 2. The van der Waals surface area contributed by atoms with Gasteiger partial charge in [-0.25, -0.2) is 0 Å². The standard InChI is InChI=1S/C38H38FN5O4Si/c1-24-35(49(2,3)39)33(17-19-42-23-27(18-20-45)40-41-42)48-38(24)30-14-4-5-15-31(30)43(37(38)47)22-25-9-6-12-28(21-25)44-32-16-8-11-26-10-7-13-29(34(26)32)36(44)46/h4-16,21,23-24,33,35,45H,17-20,22H2,1-3H3/t24-,33+,35-,38+/m1/s1. The number of anilines is 3. The third-order valence-corrected chi connectivity index (χ3v) is 13.0. The van der Waals surface area contributed by atoms with Crippen LogP contribution in [0.4, 0.5) is 21.2 Å². The van der Waals surface area contributed by atoms with Gasteiger partial charge in [0.25, 0.3) is 11.8 Å². The van der Waals surface area contributed by atoms with Crippen LogP contribution in [-0.2, 0) is 34.6 Å². The summed E-state index contributed by atoms with van der Waals surface area (Å²) in [6.45, 7) is 6.06. The molecule has 0 unspecified atom stereocenters. The fraction of sp³-hybridized carbons (Fsp3) is 0.316. The van der Waals surface area contributed by atoms with Crippen LogP contribution in [0.5, 0.6) is 0 Å². The average molecular weight is 676 g/mol. The summed E-state index contributed by atoms with van der Waals surface area (Å²) >= 11 is 0. The number of rotatable bonds is 9. The van der Waals surface area contributed by atoms with Gasteiger partial charge in [0.15, 0.2) is 5.60 Å². The number of fused-ring (bicyclic) bond motifs is 2. The molecule has 2 amide bonds. The third-order valence-electron chi connectivity index (χ3n) is 10.5. The monoisotopic (exact) mass is 675 g/mol. The van der Waals surface area contributed by atoms with Crippen molar-refractivity contribution >= 4 is 48.1 Å². The maximum Gasteiger partial charge on any atom is 0.264 e. The molecule has 0 aliphatic carbocycles. The molecule has 3 aliphatic heterocycles. The lowest BCUT2D eigenvalue weighted by Gasteiger charge is -2.31. The second-order valence-corrected chi connectivity index (χ2v) is 17.7. The Labute approximate surface area is 285 Å². The van der Waals surface area contributed by atoms with E-state index in [1.807, 2.05) is 91.9 Å². The number of aliphatic hydroxyl groups excluding tert-OH is 1. The first kappa shape index (κ1) is 31.5. The number of carbonyl (C=O) groups is 2. The molecular formula is C38H38FN5O4Si. The topological polar surface area (TPSA) is 101 Å².